The second-order valence-corrected chi connectivity index (χ2v) is 5.17. The largest absolute Gasteiger partial charge is 0.483 e. The molecule has 0 spiro atoms. The van der Waals surface area contributed by atoms with Gasteiger partial charge in [0.2, 0.25) is 0 Å². The third kappa shape index (κ3) is 4.37. The number of nitrogens with zero attached hydrogens (tertiary/aromatic N) is 1. The molecule has 6 nitrogen and oxygen atoms in total. The Labute approximate surface area is 124 Å². The molecular weight excluding hydrogens is 270 g/mol. The average molecular weight is 291 g/mol. The zero-order chi connectivity index (χ0) is 15.1. The van der Waals surface area contributed by atoms with Gasteiger partial charge < -0.3 is 21.0 Å². The zero-order valence-corrected chi connectivity index (χ0v) is 11.9. The summed E-state index contributed by atoms with van der Waals surface area (Å²) in [4.78, 5) is 11.9. The van der Waals surface area contributed by atoms with Crippen molar-refractivity contribution in [1.82, 2.24) is 5.32 Å². The topological polar surface area (TPSA) is 96.9 Å². The number of hydrogen-bond acceptors (Lipinski definition) is 4. The highest BCUT2D eigenvalue weighted by atomic mass is 16.5. The lowest BCUT2D eigenvalue weighted by Crippen LogP contribution is -2.39. The highest BCUT2D eigenvalue weighted by Gasteiger charge is 2.16. The van der Waals surface area contributed by atoms with E-state index in [0.29, 0.717) is 11.3 Å². The van der Waals surface area contributed by atoms with Crippen molar-refractivity contribution >= 4 is 11.7 Å². The van der Waals surface area contributed by atoms with E-state index >= 15 is 0 Å². The molecule has 1 aromatic rings. The van der Waals surface area contributed by atoms with E-state index in [0.717, 1.165) is 25.7 Å². The SMILES string of the molecule is N/C(=N\O)c1ccccc1OCC(=O)NC1CCCCC1. The van der Waals surface area contributed by atoms with Crippen molar-refractivity contribution in [2.75, 3.05) is 6.61 Å². The van der Waals surface area contributed by atoms with Crippen LogP contribution in [0.4, 0.5) is 0 Å². The first kappa shape index (κ1) is 15.2. The quantitative estimate of drug-likeness (QED) is 0.332. The van der Waals surface area contributed by atoms with Crippen LogP contribution in [0.1, 0.15) is 37.7 Å². The maximum Gasteiger partial charge on any atom is 0.258 e. The Morgan fingerprint density at radius 2 is 2.05 bits per heavy atom. The number of para-hydroxylation sites is 1. The van der Waals surface area contributed by atoms with Gasteiger partial charge in [-0.3, -0.25) is 4.79 Å². The van der Waals surface area contributed by atoms with Crippen molar-refractivity contribution in [3.05, 3.63) is 29.8 Å². The minimum Gasteiger partial charge on any atom is -0.483 e. The highest BCUT2D eigenvalue weighted by molar-refractivity contribution is 5.99. The fourth-order valence-corrected chi connectivity index (χ4v) is 2.52. The van der Waals surface area contributed by atoms with Crippen LogP contribution < -0.4 is 15.8 Å². The van der Waals surface area contributed by atoms with Gasteiger partial charge in [0.1, 0.15) is 5.75 Å². The Morgan fingerprint density at radius 1 is 1.33 bits per heavy atom. The number of nitrogens with two attached hydrogens (primary N) is 1. The lowest BCUT2D eigenvalue weighted by atomic mass is 9.95. The Kier molecular flexibility index (Phi) is 5.43. The number of oxime groups is 1. The van der Waals surface area contributed by atoms with Crippen molar-refractivity contribution in [2.24, 2.45) is 10.9 Å². The molecule has 1 amide bonds. The number of hydrogen-bond donors (Lipinski definition) is 3. The monoisotopic (exact) mass is 291 g/mol. The fraction of sp³-hybridized carbons (Fsp3) is 0.467. The lowest BCUT2D eigenvalue weighted by Gasteiger charge is -2.22. The average Bonchev–Trinajstić information content (AvgIpc) is 2.53. The van der Waals surface area contributed by atoms with Crippen LogP contribution in [0.2, 0.25) is 0 Å². The zero-order valence-electron chi connectivity index (χ0n) is 11.9. The number of benzene rings is 1. The van der Waals surface area contributed by atoms with Gasteiger partial charge in [0.25, 0.3) is 5.91 Å². The van der Waals surface area contributed by atoms with E-state index in [9.17, 15) is 4.79 Å². The van der Waals surface area contributed by atoms with Gasteiger partial charge in [-0.2, -0.15) is 0 Å². The molecule has 0 aliphatic heterocycles. The summed E-state index contributed by atoms with van der Waals surface area (Å²) >= 11 is 0. The van der Waals surface area contributed by atoms with E-state index in [1.807, 2.05) is 0 Å². The molecule has 4 N–H and O–H groups in total. The number of rotatable bonds is 5. The number of nitrogens with one attached hydrogen (secondary N) is 1. The molecule has 1 aliphatic rings. The van der Waals surface area contributed by atoms with Crippen LogP contribution in [0.3, 0.4) is 0 Å². The summed E-state index contributed by atoms with van der Waals surface area (Å²) in [5.41, 5.74) is 6.03. The molecule has 1 saturated carbocycles. The van der Waals surface area contributed by atoms with E-state index in [4.69, 9.17) is 15.7 Å². The minimum atomic E-state index is -0.142. The maximum atomic E-state index is 11.9. The molecule has 1 aromatic carbocycles. The molecule has 114 valence electrons. The number of amides is 1. The standard InChI is InChI=1S/C15H21N3O3/c16-15(18-20)12-8-4-5-9-13(12)21-10-14(19)17-11-6-2-1-3-7-11/h4-5,8-9,11,20H,1-3,6-7,10H2,(H2,16,18)(H,17,19). The maximum absolute atomic E-state index is 11.9. The van der Waals surface area contributed by atoms with E-state index in [-0.39, 0.29) is 24.4 Å². The number of ether oxygens (including phenoxy) is 1. The molecular formula is C15H21N3O3. The van der Waals surface area contributed by atoms with Crippen molar-refractivity contribution in [3.63, 3.8) is 0 Å². The van der Waals surface area contributed by atoms with E-state index < -0.39 is 0 Å². The van der Waals surface area contributed by atoms with Crippen LogP contribution in [-0.4, -0.2) is 29.6 Å². The van der Waals surface area contributed by atoms with Crippen molar-refractivity contribution < 1.29 is 14.7 Å². The second kappa shape index (κ2) is 7.52. The van der Waals surface area contributed by atoms with Crippen LogP contribution in [0.15, 0.2) is 29.4 Å². The Bertz CT molecular complexity index is 511. The Morgan fingerprint density at radius 3 is 2.76 bits per heavy atom. The van der Waals surface area contributed by atoms with Gasteiger partial charge in [0.05, 0.1) is 5.56 Å². The summed E-state index contributed by atoms with van der Waals surface area (Å²) in [6, 6.07) is 7.13. The molecule has 2 rings (SSSR count). The van der Waals surface area contributed by atoms with Crippen LogP contribution in [0.5, 0.6) is 5.75 Å². The smallest absolute Gasteiger partial charge is 0.258 e. The van der Waals surface area contributed by atoms with E-state index in [2.05, 4.69) is 10.5 Å². The molecule has 0 bridgehead atoms. The minimum absolute atomic E-state index is 0.0433. The summed E-state index contributed by atoms with van der Waals surface area (Å²) in [5.74, 6) is 0.237. The molecule has 0 atom stereocenters. The summed E-state index contributed by atoms with van der Waals surface area (Å²) < 4.78 is 5.48. The van der Waals surface area contributed by atoms with Crippen LogP contribution in [0, 0.1) is 0 Å². The Hall–Kier alpha value is -2.24. The first-order valence-corrected chi connectivity index (χ1v) is 7.20. The molecule has 1 fully saturated rings. The van der Waals surface area contributed by atoms with Crippen molar-refractivity contribution in [1.29, 1.82) is 0 Å². The fourth-order valence-electron chi connectivity index (χ4n) is 2.52. The molecule has 0 saturated heterocycles. The number of carbonyl (C=O) groups excluding carboxylic acids is 1. The van der Waals surface area contributed by atoms with Crippen LogP contribution >= 0.6 is 0 Å². The van der Waals surface area contributed by atoms with Gasteiger partial charge in [-0.15, -0.1) is 0 Å². The third-order valence-corrected chi connectivity index (χ3v) is 3.60. The predicted molar refractivity (Wildman–Crippen MR) is 79.5 cm³/mol. The Balaban J connectivity index is 1.89. The molecule has 1 aliphatic carbocycles. The molecule has 0 heterocycles. The van der Waals surface area contributed by atoms with E-state index in [1.54, 1.807) is 24.3 Å². The van der Waals surface area contributed by atoms with Gasteiger partial charge in [0.15, 0.2) is 12.4 Å². The van der Waals surface area contributed by atoms with Gasteiger partial charge in [-0.1, -0.05) is 36.6 Å². The summed E-state index contributed by atoms with van der Waals surface area (Å²) in [5, 5.41) is 14.7. The normalized spacial score (nSPS) is 16.5. The van der Waals surface area contributed by atoms with Gasteiger partial charge >= 0.3 is 0 Å². The summed E-state index contributed by atoms with van der Waals surface area (Å²) in [6.07, 6.45) is 5.64. The predicted octanol–water partition coefficient (Wildman–Crippen LogP) is 1.61. The van der Waals surface area contributed by atoms with Crippen molar-refractivity contribution in [3.8, 4) is 5.75 Å². The molecule has 0 aromatic heterocycles. The van der Waals surface area contributed by atoms with Crippen LogP contribution in [0.25, 0.3) is 0 Å². The highest BCUT2D eigenvalue weighted by Crippen LogP contribution is 2.19. The third-order valence-electron chi connectivity index (χ3n) is 3.60. The van der Waals surface area contributed by atoms with Gasteiger partial charge in [-0.05, 0) is 25.0 Å². The number of carbonyl (C=O) groups is 1. The lowest BCUT2D eigenvalue weighted by molar-refractivity contribution is -0.124. The first-order valence-electron chi connectivity index (χ1n) is 7.20. The molecule has 0 unspecified atom stereocenters. The van der Waals surface area contributed by atoms with Gasteiger partial charge in [0, 0.05) is 6.04 Å². The number of amidine groups is 1. The second-order valence-electron chi connectivity index (χ2n) is 5.17. The van der Waals surface area contributed by atoms with E-state index in [1.165, 1.54) is 6.42 Å². The van der Waals surface area contributed by atoms with Crippen LogP contribution in [-0.2, 0) is 4.79 Å². The molecule has 6 heteroatoms. The first-order chi connectivity index (χ1) is 10.2. The van der Waals surface area contributed by atoms with Crippen molar-refractivity contribution in [2.45, 2.75) is 38.1 Å². The van der Waals surface area contributed by atoms with Gasteiger partial charge in [-0.25, -0.2) is 0 Å². The summed E-state index contributed by atoms with van der Waals surface area (Å²) in [6.45, 7) is -0.0772. The summed E-state index contributed by atoms with van der Waals surface area (Å²) in [7, 11) is 0. The molecule has 0 radical (unpaired) electrons. The molecule has 21 heavy (non-hydrogen) atoms.